The Labute approximate surface area is 117 Å². The van der Waals surface area contributed by atoms with Crippen LogP contribution in [0.15, 0.2) is 36.4 Å². The smallest absolute Gasteiger partial charge is 0.128 e. The van der Waals surface area contributed by atoms with Gasteiger partial charge < -0.3 is 10.5 Å². The van der Waals surface area contributed by atoms with Crippen LogP contribution in [0.5, 0.6) is 5.75 Å². The summed E-state index contributed by atoms with van der Waals surface area (Å²) in [5.74, 6) is 0.270. The van der Waals surface area contributed by atoms with Crippen molar-refractivity contribution in [2.24, 2.45) is 5.73 Å². The van der Waals surface area contributed by atoms with E-state index in [0.717, 1.165) is 5.56 Å². The quantitative estimate of drug-likeness (QED) is 0.926. The van der Waals surface area contributed by atoms with Gasteiger partial charge in [-0.05, 0) is 36.8 Å². The van der Waals surface area contributed by atoms with Crippen LogP contribution in [0, 0.1) is 12.7 Å². The molecule has 4 heteroatoms. The molecule has 0 bridgehead atoms. The standard InChI is InChI=1S/C15H15ClFNO/c1-9-3-5-11(13(17)7-9)15(18)12-8-10(16)4-6-14(12)19-2/h3-8,15H,18H2,1-2H3. The van der Waals surface area contributed by atoms with Crippen molar-refractivity contribution in [2.45, 2.75) is 13.0 Å². The molecule has 2 nitrogen and oxygen atoms in total. The van der Waals surface area contributed by atoms with E-state index in [4.69, 9.17) is 22.1 Å². The second-order valence-electron chi connectivity index (χ2n) is 4.39. The van der Waals surface area contributed by atoms with Crippen molar-refractivity contribution >= 4 is 11.6 Å². The van der Waals surface area contributed by atoms with Gasteiger partial charge >= 0.3 is 0 Å². The van der Waals surface area contributed by atoms with Crippen molar-refractivity contribution in [1.29, 1.82) is 0 Å². The molecule has 100 valence electrons. The zero-order valence-corrected chi connectivity index (χ0v) is 11.5. The number of aryl methyl sites for hydroxylation is 1. The molecule has 0 saturated carbocycles. The summed E-state index contributed by atoms with van der Waals surface area (Å²) < 4.78 is 19.2. The number of ether oxygens (including phenoxy) is 1. The summed E-state index contributed by atoms with van der Waals surface area (Å²) in [4.78, 5) is 0. The Bertz CT molecular complexity index is 601. The van der Waals surface area contributed by atoms with Crippen LogP contribution in [0.25, 0.3) is 0 Å². The van der Waals surface area contributed by atoms with Gasteiger partial charge in [0.2, 0.25) is 0 Å². The molecule has 0 aliphatic carbocycles. The maximum atomic E-state index is 14.0. The van der Waals surface area contributed by atoms with Crippen LogP contribution in [-0.4, -0.2) is 7.11 Å². The fourth-order valence-corrected chi connectivity index (χ4v) is 2.18. The molecule has 1 atom stereocenters. The Hall–Kier alpha value is -1.58. The summed E-state index contributed by atoms with van der Waals surface area (Å²) in [7, 11) is 1.55. The van der Waals surface area contributed by atoms with Crippen LogP contribution < -0.4 is 10.5 Å². The molecule has 1 unspecified atom stereocenters. The fraction of sp³-hybridized carbons (Fsp3) is 0.200. The highest BCUT2D eigenvalue weighted by Crippen LogP contribution is 2.32. The van der Waals surface area contributed by atoms with Crippen LogP contribution in [0.1, 0.15) is 22.7 Å². The lowest BCUT2D eigenvalue weighted by Crippen LogP contribution is -2.15. The molecule has 19 heavy (non-hydrogen) atoms. The first-order valence-electron chi connectivity index (χ1n) is 5.88. The molecule has 2 aromatic carbocycles. The lowest BCUT2D eigenvalue weighted by Gasteiger charge is -2.17. The van der Waals surface area contributed by atoms with E-state index in [1.807, 2.05) is 13.0 Å². The predicted octanol–water partition coefficient (Wildman–Crippen LogP) is 3.84. The van der Waals surface area contributed by atoms with Gasteiger partial charge in [-0.3, -0.25) is 0 Å². The molecule has 0 heterocycles. The topological polar surface area (TPSA) is 35.2 Å². The average molecular weight is 280 g/mol. The van der Waals surface area contributed by atoms with E-state index in [9.17, 15) is 4.39 Å². The first-order valence-corrected chi connectivity index (χ1v) is 6.26. The fourth-order valence-electron chi connectivity index (χ4n) is 2.00. The largest absolute Gasteiger partial charge is 0.496 e. The highest BCUT2D eigenvalue weighted by atomic mass is 35.5. The van der Waals surface area contributed by atoms with Crippen LogP contribution in [0.4, 0.5) is 4.39 Å². The highest BCUT2D eigenvalue weighted by Gasteiger charge is 2.18. The van der Waals surface area contributed by atoms with Gasteiger partial charge in [0.15, 0.2) is 0 Å². The average Bonchev–Trinajstić information content (AvgIpc) is 2.38. The minimum atomic E-state index is -0.616. The molecule has 2 rings (SSSR count). The minimum Gasteiger partial charge on any atom is -0.496 e. The third kappa shape index (κ3) is 2.88. The maximum absolute atomic E-state index is 14.0. The monoisotopic (exact) mass is 279 g/mol. The highest BCUT2D eigenvalue weighted by molar-refractivity contribution is 6.30. The Kier molecular flexibility index (Phi) is 4.08. The first-order chi connectivity index (χ1) is 9.02. The summed E-state index contributed by atoms with van der Waals surface area (Å²) in [6, 6.07) is 9.50. The second kappa shape index (κ2) is 5.59. The normalized spacial score (nSPS) is 12.3. The van der Waals surface area contributed by atoms with E-state index in [1.54, 1.807) is 31.4 Å². The lowest BCUT2D eigenvalue weighted by atomic mass is 9.97. The first kappa shape index (κ1) is 13.8. The summed E-state index contributed by atoms with van der Waals surface area (Å²) >= 11 is 5.97. The molecule has 2 N–H and O–H groups in total. The number of hydrogen-bond donors (Lipinski definition) is 1. The molecular weight excluding hydrogens is 265 g/mol. The van der Waals surface area contributed by atoms with Crippen molar-refractivity contribution in [3.05, 3.63) is 63.9 Å². The van der Waals surface area contributed by atoms with Crippen molar-refractivity contribution in [2.75, 3.05) is 7.11 Å². The van der Waals surface area contributed by atoms with Gasteiger partial charge in [0.25, 0.3) is 0 Å². The molecule has 0 aromatic heterocycles. The summed E-state index contributed by atoms with van der Waals surface area (Å²) in [5.41, 5.74) is 8.07. The SMILES string of the molecule is COc1ccc(Cl)cc1C(N)c1ccc(C)cc1F. The molecule has 0 radical (unpaired) electrons. The molecule has 0 aliphatic rings. The van der Waals surface area contributed by atoms with E-state index in [2.05, 4.69) is 0 Å². The van der Waals surface area contributed by atoms with Gasteiger partial charge in [-0.15, -0.1) is 0 Å². The Morgan fingerprint density at radius 2 is 1.89 bits per heavy atom. The van der Waals surface area contributed by atoms with Crippen LogP contribution >= 0.6 is 11.6 Å². The summed E-state index contributed by atoms with van der Waals surface area (Å²) in [6.45, 7) is 1.83. The molecule has 0 saturated heterocycles. The summed E-state index contributed by atoms with van der Waals surface area (Å²) in [6.07, 6.45) is 0. The van der Waals surface area contributed by atoms with Gasteiger partial charge in [0, 0.05) is 16.1 Å². The van der Waals surface area contributed by atoms with Crippen molar-refractivity contribution < 1.29 is 9.13 Å². The van der Waals surface area contributed by atoms with Gasteiger partial charge in [-0.2, -0.15) is 0 Å². The van der Waals surface area contributed by atoms with E-state index in [-0.39, 0.29) is 5.82 Å². The van der Waals surface area contributed by atoms with E-state index < -0.39 is 6.04 Å². The third-order valence-electron chi connectivity index (χ3n) is 3.02. The van der Waals surface area contributed by atoms with Gasteiger partial charge in [0.05, 0.1) is 13.2 Å². The maximum Gasteiger partial charge on any atom is 0.128 e. The number of methoxy groups -OCH3 is 1. The zero-order chi connectivity index (χ0) is 14.0. The second-order valence-corrected chi connectivity index (χ2v) is 4.83. The van der Waals surface area contributed by atoms with Crippen molar-refractivity contribution in [3.8, 4) is 5.75 Å². The Balaban J connectivity index is 2.49. The van der Waals surface area contributed by atoms with Crippen molar-refractivity contribution in [3.63, 3.8) is 0 Å². The predicted molar refractivity (Wildman–Crippen MR) is 75.2 cm³/mol. The number of halogens is 2. The number of rotatable bonds is 3. The molecule has 0 fully saturated rings. The Morgan fingerprint density at radius 1 is 1.16 bits per heavy atom. The van der Waals surface area contributed by atoms with Gasteiger partial charge in [-0.25, -0.2) is 4.39 Å². The van der Waals surface area contributed by atoms with Crippen molar-refractivity contribution in [1.82, 2.24) is 0 Å². The van der Waals surface area contributed by atoms with Gasteiger partial charge in [-0.1, -0.05) is 23.7 Å². The molecule has 0 spiro atoms. The summed E-state index contributed by atoms with van der Waals surface area (Å²) in [5, 5.41) is 0.541. The van der Waals surface area contributed by atoms with E-state index >= 15 is 0 Å². The van der Waals surface area contributed by atoms with Crippen LogP contribution in [0.2, 0.25) is 5.02 Å². The molecule has 2 aromatic rings. The number of hydrogen-bond acceptors (Lipinski definition) is 2. The molecule has 0 aliphatic heterocycles. The number of benzene rings is 2. The van der Waals surface area contributed by atoms with E-state index in [1.165, 1.54) is 6.07 Å². The van der Waals surface area contributed by atoms with Crippen LogP contribution in [0.3, 0.4) is 0 Å². The zero-order valence-electron chi connectivity index (χ0n) is 10.8. The van der Waals surface area contributed by atoms with Gasteiger partial charge in [0.1, 0.15) is 11.6 Å². The van der Waals surface area contributed by atoms with Crippen LogP contribution in [-0.2, 0) is 0 Å². The Morgan fingerprint density at radius 3 is 2.53 bits per heavy atom. The lowest BCUT2D eigenvalue weighted by molar-refractivity contribution is 0.407. The molecule has 0 amide bonds. The minimum absolute atomic E-state index is 0.325. The van der Waals surface area contributed by atoms with E-state index in [0.29, 0.717) is 21.9 Å². The molecular formula is C15H15ClFNO. The number of nitrogens with two attached hydrogens (primary N) is 1. The third-order valence-corrected chi connectivity index (χ3v) is 3.25.